The van der Waals surface area contributed by atoms with E-state index in [2.05, 4.69) is 36.5 Å². The number of imidazole rings is 1. The maximum atomic E-state index is 17.2. The van der Waals surface area contributed by atoms with Crippen LogP contribution in [0.2, 0.25) is 10.0 Å². The third kappa shape index (κ3) is 5.36. The van der Waals surface area contributed by atoms with Crippen LogP contribution in [0.25, 0.3) is 32.9 Å². The van der Waals surface area contributed by atoms with Gasteiger partial charge in [0.15, 0.2) is 5.82 Å². The normalized spacial score (nSPS) is 24.1. The lowest BCUT2D eigenvalue weighted by atomic mass is 9.79. The predicted molar refractivity (Wildman–Crippen MR) is 197 cm³/mol. The number of aromatic nitrogens is 4. The number of benzene rings is 2. The maximum Gasteiger partial charge on any atom is 0.226 e. The Morgan fingerprint density at radius 3 is 2.71 bits per heavy atom. The number of amides is 1. The van der Waals surface area contributed by atoms with Gasteiger partial charge in [0, 0.05) is 90.6 Å². The molecule has 5 aromatic rings. The van der Waals surface area contributed by atoms with Crippen LogP contribution in [0, 0.1) is 41.8 Å². The molecule has 5 aliphatic rings. The number of fused-ring (bicyclic) bond motifs is 4. The summed E-state index contributed by atoms with van der Waals surface area (Å²) in [6.07, 6.45) is 10.1. The Bertz CT molecular complexity index is 2250. The average molecular weight is 725 g/mol. The highest BCUT2D eigenvalue weighted by Gasteiger charge is 2.51. The summed E-state index contributed by atoms with van der Waals surface area (Å²) in [5.41, 5.74) is 4.64. The molecule has 5 atom stereocenters. The highest BCUT2D eigenvalue weighted by molar-refractivity contribution is 6.43. The van der Waals surface area contributed by atoms with E-state index in [-0.39, 0.29) is 40.9 Å². The third-order valence-corrected chi connectivity index (χ3v) is 12.9. The van der Waals surface area contributed by atoms with Gasteiger partial charge in [-0.25, -0.2) is 14.4 Å². The third-order valence-electron chi connectivity index (χ3n) is 12.1. The first-order chi connectivity index (χ1) is 24.7. The fraction of sp³-hybridized carbons (Fsp3) is 0.450. The summed E-state index contributed by atoms with van der Waals surface area (Å²) in [5.74, 6) is 1.77. The number of nitrogens with one attached hydrogen (secondary N) is 1. The number of nitriles is 1. The smallest absolute Gasteiger partial charge is 0.226 e. The van der Waals surface area contributed by atoms with Crippen LogP contribution in [0.5, 0.6) is 0 Å². The van der Waals surface area contributed by atoms with Crippen molar-refractivity contribution in [2.45, 2.75) is 76.4 Å². The minimum atomic E-state index is -0.459. The summed E-state index contributed by atoms with van der Waals surface area (Å²) < 4.78 is 21.7. The van der Waals surface area contributed by atoms with Crippen LogP contribution in [0.4, 0.5) is 4.39 Å². The quantitative estimate of drug-likeness (QED) is 0.165. The lowest BCUT2D eigenvalue weighted by molar-refractivity contribution is -0.133. The van der Waals surface area contributed by atoms with Gasteiger partial charge >= 0.3 is 0 Å². The van der Waals surface area contributed by atoms with Crippen molar-refractivity contribution < 1.29 is 9.18 Å². The monoisotopic (exact) mass is 723 g/mol. The summed E-state index contributed by atoms with van der Waals surface area (Å²) in [6, 6.07) is 12.2. The standard InChI is InChI=1S/C40H40Cl2FN7O/c1-21-27-18-32(31-15-22(8-11-33-45-13-14-48(33)2)20-49(31)40(51)23-9-10-23)50(38-25-17-30(38)46-19-25)39(27)28-16-24(5-4-12-44)34(36(43)37(28)47-21)26-6-3-7-29(41)35(26)42/h3,6-7,13-14,16,18,22-23,25,30-31,38,46H,4-5,8-11,15,17,19-20H2,1-2H3/t22-,25+,30+,31+,38-/m0/s1. The van der Waals surface area contributed by atoms with E-state index in [0.29, 0.717) is 46.0 Å². The highest BCUT2D eigenvalue weighted by atomic mass is 35.5. The molecule has 6 heterocycles. The van der Waals surface area contributed by atoms with E-state index in [1.807, 2.05) is 32.4 Å². The summed E-state index contributed by atoms with van der Waals surface area (Å²) in [6.45, 7) is 3.63. The number of rotatable bonds is 9. The second kappa shape index (κ2) is 12.6. The number of carbonyl (C=O) groups is 1. The van der Waals surface area contributed by atoms with E-state index in [4.69, 9.17) is 28.2 Å². The molecule has 0 unspecified atom stereocenters. The van der Waals surface area contributed by atoms with Crippen molar-refractivity contribution in [2.24, 2.45) is 24.8 Å². The largest absolute Gasteiger partial charge is 0.338 e. The predicted octanol–water partition coefficient (Wildman–Crippen LogP) is 8.27. The molecule has 1 amide bonds. The van der Waals surface area contributed by atoms with E-state index >= 15 is 4.39 Å². The fourth-order valence-corrected chi connectivity index (χ4v) is 9.69. The first-order valence-electron chi connectivity index (χ1n) is 18.2. The van der Waals surface area contributed by atoms with Crippen molar-refractivity contribution in [1.29, 1.82) is 5.26 Å². The molecule has 2 saturated carbocycles. The molecule has 10 rings (SSSR count). The molecule has 3 saturated heterocycles. The van der Waals surface area contributed by atoms with Gasteiger partial charge in [-0.05, 0) is 81.0 Å². The topological polar surface area (TPSA) is 91.8 Å². The molecule has 1 N–H and O–H groups in total. The number of aryl methyl sites for hydroxylation is 4. The lowest BCUT2D eigenvalue weighted by Gasteiger charge is -2.39. The minimum absolute atomic E-state index is 0.0845. The summed E-state index contributed by atoms with van der Waals surface area (Å²) in [4.78, 5) is 25.7. The van der Waals surface area contributed by atoms with E-state index in [0.717, 1.165) is 85.1 Å². The Labute approximate surface area is 306 Å². The van der Waals surface area contributed by atoms with Crippen molar-refractivity contribution in [2.75, 3.05) is 13.1 Å². The van der Waals surface area contributed by atoms with Crippen molar-refractivity contribution >= 4 is 50.9 Å². The van der Waals surface area contributed by atoms with Crippen LogP contribution in [-0.4, -0.2) is 49.0 Å². The van der Waals surface area contributed by atoms with Gasteiger partial charge in [-0.15, -0.1) is 0 Å². The SMILES string of the molecule is Cc1nc2c(F)c(-c3cccc(Cl)c3Cl)c(CCC#N)cc2c2c1cc([C@H]1C[C@H](CCc3nccn3C)CN1C(=O)C1CC1)n2[C@H]1[C@H]2CN[C@@H]1C2. The van der Waals surface area contributed by atoms with E-state index < -0.39 is 5.82 Å². The summed E-state index contributed by atoms with van der Waals surface area (Å²) >= 11 is 13.1. The minimum Gasteiger partial charge on any atom is -0.338 e. The van der Waals surface area contributed by atoms with E-state index in [1.165, 1.54) is 0 Å². The van der Waals surface area contributed by atoms with Crippen molar-refractivity contribution in [3.8, 4) is 17.2 Å². The Morgan fingerprint density at radius 2 is 2.00 bits per heavy atom. The Hall–Kier alpha value is -3.97. The van der Waals surface area contributed by atoms with Gasteiger partial charge in [0.05, 0.1) is 33.7 Å². The molecule has 11 heteroatoms. The number of hydrogen-bond donors (Lipinski definition) is 1. The van der Waals surface area contributed by atoms with Crippen LogP contribution < -0.4 is 5.32 Å². The Morgan fingerprint density at radius 1 is 1.16 bits per heavy atom. The zero-order valence-electron chi connectivity index (χ0n) is 28.8. The second-order valence-electron chi connectivity index (χ2n) is 15.2. The average Bonchev–Trinajstić information content (AvgIpc) is 3.55. The second-order valence-corrected chi connectivity index (χ2v) is 15.9. The Balaban J connectivity index is 1.24. The van der Waals surface area contributed by atoms with Gasteiger partial charge in [0.25, 0.3) is 0 Å². The molecule has 2 aliphatic carbocycles. The highest BCUT2D eigenvalue weighted by Crippen LogP contribution is 2.52. The van der Waals surface area contributed by atoms with Gasteiger partial charge in [-0.3, -0.25) is 4.79 Å². The van der Waals surface area contributed by atoms with Crippen LogP contribution in [-0.2, 0) is 24.7 Å². The van der Waals surface area contributed by atoms with Crippen molar-refractivity contribution in [1.82, 2.24) is 29.3 Å². The molecule has 51 heavy (non-hydrogen) atoms. The van der Waals surface area contributed by atoms with Gasteiger partial charge in [-0.1, -0.05) is 35.3 Å². The van der Waals surface area contributed by atoms with Crippen LogP contribution in [0.1, 0.15) is 73.4 Å². The Kier molecular flexibility index (Phi) is 8.14. The van der Waals surface area contributed by atoms with Gasteiger partial charge in [0.2, 0.25) is 5.91 Å². The summed E-state index contributed by atoms with van der Waals surface area (Å²) in [7, 11) is 2.03. The van der Waals surface area contributed by atoms with E-state index in [9.17, 15) is 10.1 Å². The molecule has 262 valence electrons. The lowest BCUT2D eigenvalue weighted by Crippen LogP contribution is -2.41. The molecule has 8 nitrogen and oxygen atoms in total. The molecule has 2 bridgehead atoms. The van der Waals surface area contributed by atoms with Gasteiger partial charge in [0.1, 0.15) is 11.3 Å². The molecular weight excluding hydrogens is 684 g/mol. The van der Waals surface area contributed by atoms with Crippen LogP contribution >= 0.6 is 23.2 Å². The first kappa shape index (κ1) is 32.9. The van der Waals surface area contributed by atoms with Crippen molar-refractivity contribution in [3.63, 3.8) is 0 Å². The zero-order chi connectivity index (χ0) is 35.1. The van der Waals surface area contributed by atoms with Crippen LogP contribution in [0.15, 0.2) is 42.7 Å². The molecule has 3 aliphatic heterocycles. The van der Waals surface area contributed by atoms with Gasteiger partial charge < -0.3 is 19.4 Å². The number of pyridine rings is 1. The molecular formula is C40H40Cl2FN7O. The number of hydrogen-bond acceptors (Lipinski definition) is 5. The maximum absolute atomic E-state index is 17.2. The molecule has 0 radical (unpaired) electrons. The fourth-order valence-electron chi connectivity index (χ4n) is 9.29. The van der Waals surface area contributed by atoms with E-state index in [1.54, 1.807) is 18.2 Å². The zero-order valence-corrected chi connectivity index (χ0v) is 30.3. The number of nitrogens with zero attached hydrogens (tertiary/aromatic N) is 6. The molecule has 2 aromatic carbocycles. The first-order valence-corrected chi connectivity index (χ1v) is 19.0. The molecule has 3 aromatic heterocycles. The summed E-state index contributed by atoms with van der Waals surface area (Å²) in [5, 5.41) is 15.7. The van der Waals surface area contributed by atoms with Gasteiger partial charge in [-0.2, -0.15) is 5.26 Å². The van der Waals surface area contributed by atoms with Crippen molar-refractivity contribution in [3.05, 3.63) is 81.4 Å². The number of carbonyl (C=O) groups excluding carboxylic acids is 1. The molecule has 5 fully saturated rings. The number of likely N-dealkylation sites (tertiary alicyclic amines) is 1. The molecule has 0 spiro atoms. The van der Waals surface area contributed by atoms with Crippen LogP contribution in [0.3, 0.4) is 0 Å². The number of halogens is 3.